The summed E-state index contributed by atoms with van der Waals surface area (Å²) in [6.45, 7) is 3.91. The smallest absolute Gasteiger partial charge is 0.191 e. The summed E-state index contributed by atoms with van der Waals surface area (Å²) >= 11 is 1.68. The monoisotopic (exact) mass is 433 g/mol. The molecule has 0 bridgehead atoms. The van der Waals surface area contributed by atoms with Crippen molar-refractivity contribution >= 4 is 11.8 Å². The third kappa shape index (κ3) is 5.17. The van der Waals surface area contributed by atoms with E-state index in [-0.39, 0.29) is 0 Å². The number of ether oxygens (including phenoxy) is 1. The lowest BCUT2D eigenvalue weighted by Crippen LogP contribution is -2.05. The third-order valence-electron chi connectivity index (χ3n) is 5.13. The van der Waals surface area contributed by atoms with E-state index < -0.39 is 0 Å². The van der Waals surface area contributed by atoms with Gasteiger partial charge in [-0.15, -0.1) is 10.2 Å². The zero-order valence-electron chi connectivity index (χ0n) is 17.9. The number of unbranched alkanes of at least 4 members (excludes halogenated alkanes) is 1. The first-order valence-electron chi connectivity index (χ1n) is 10.5. The maximum Gasteiger partial charge on any atom is 0.191 e. The van der Waals surface area contributed by atoms with Crippen LogP contribution in [0.3, 0.4) is 0 Å². The highest BCUT2D eigenvalue weighted by Gasteiger charge is 2.15. The summed E-state index contributed by atoms with van der Waals surface area (Å²) < 4.78 is 9.70. The van der Waals surface area contributed by atoms with Gasteiger partial charge in [0.15, 0.2) is 11.0 Å². The second kappa shape index (κ2) is 10.3. The van der Waals surface area contributed by atoms with Gasteiger partial charge in [0, 0.05) is 31.0 Å². The second-order valence-electron chi connectivity index (χ2n) is 7.29. The molecule has 0 saturated heterocycles. The average Bonchev–Trinajstić information content (AvgIpc) is 3.43. The molecule has 4 aromatic rings. The summed E-state index contributed by atoms with van der Waals surface area (Å²) in [5.74, 6) is 3.51. The van der Waals surface area contributed by atoms with Crippen molar-refractivity contribution in [2.45, 2.75) is 43.8 Å². The molecule has 0 unspecified atom stereocenters. The fourth-order valence-corrected chi connectivity index (χ4v) is 4.33. The van der Waals surface area contributed by atoms with Gasteiger partial charge in [0.1, 0.15) is 11.6 Å². The molecular weight excluding hydrogens is 406 g/mol. The molecule has 0 atom stereocenters. The molecule has 0 aliphatic heterocycles. The Morgan fingerprint density at radius 1 is 1.00 bits per heavy atom. The van der Waals surface area contributed by atoms with Gasteiger partial charge in [-0.1, -0.05) is 55.4 Å². The molecular formula is C24H27N5OS. The summed E-state index contributed by atoms with van der Waals surface area (Å²) in [6.07, 6.45) is 6.10. The molecule has 2 heterocycles. The van der Waals surface area contributed by atoms with E-state index in [0.717, 1.165) is 59.8 Å². The third-order valence-corrected chi connectivity index (χ3v) is 6.09. The van der Waals surface area contributed by atoms with Gasteiger partial charge >= 0.3 is 0 Å². The Hall–Kier alpha value is -3.06. The molecule has 0 N–H and O–H groups in total. The zero-order valence-corrected chi connectivity index (χ0v) is 18.8. The van der Waals surface area contributed by atoms with E-state index in [1.807, 2.05) is 42.7 Å². The van der Waals surface area contributed by atoms with Crippen LogP contribution in [0.2, 0.25) is 0 Å². The SMILES string of the molecule is CCCCn1c(SCc2nccn2Cc2ccccc2)nnc1-c1ccc(OC)cc1. The molecule has 4 rings (SSSR count). The lowest BCUT2D eigenvalue weighted by Gasteiger charge is -2.11. The number of hydrogen-bond acceptors (Lipinski definition) is 5. The molecule has 7 heteroatoms. The Bertz CT molecular complexity index is 1090. The maximum absolute atomic E-state index is 5.28. The number of methoxy groups -OCH3 is 1. The maximum atomic E-state index is 5.28. The quantitative estimate of drug-likeness (QED) is 0.318. The van der Waals surface area contributed by atoms with Crippen molar-refractivity contribution in [3.05, 3.63) is 78.4 Å². The number of imidazole rings is 1. The Morgan fingerprint density at radius 3 is 2.55 bits per heavy atom. The van der Waals surface area contributed by atoms with Gasteiger partial charge in [0.25, 0.3) is 0 Å². The Balaban J connectivity index is 1.52. The predicted octanol–water partition coefficient (Wildman–Crippen LogP) is 5.29. The van der Waals surface area contributed by atoms with Gasteiger partial charge in [0.2, 0.25) is 0 Å². The van der Waals surface area contributed by atoms with Gasteiger partial charge in [-0.05, 0) is 36.2 Å². The molecule has 0 aliphatic rings. The zero-order chi connectivity index (χ0) is 21.5. The van der Waals surface area contributed by atoms with E-state index in [9.17, 15) is 0 Å². The number of aromatic nitrogens is 5. The molecule has 2 aromatic heterocycles. The summed E-state index contributed by atoms with van der Waals surface area (Å²) in [4.78, 5) is 4.57. The first kappa shape index (κ1) is 21.2. The lowest BCUT2D eigenvalue weighted by atomic mass is 10.2. The van der Waals surface area contributed by atoms with Crippen LogP contribution in [0, 0.1) is 0 Å². The number of benzene rings is 2. The van der Waals surface area contributed by atoms with Gasteiger partial charge in [-0.3, -0.25) is 0 Å². The standard InChI is InChI=1S/C24H27N5OS/c1-3-4-15-29-23(20-10-12-21(30-2)13-11-20)26-27-24(29)31-18-22-25-14-16-28(22)17-19-8-6-5-7-9-19/h5-14,16H,3-4,15,17-18H2,1-2H3. The fraction of sp³-hybridized carbons (Fsp3) is 0.292. The van der Waals surface area contributed by atoms with Crippen molar-refractivity contribution in [3.8, 4) is 17.1 Å². The molecule has 31 heavy (non-hydrogen) atoms. The van der Waals surface area contributed by atoms with Gasteiger partial charge in [0.05, 0.1) is 12.9 Å². The summed E-state index contributed by atoms with van der Waals surface area (Å²) in [6, 6.07) is 18.4. The Labute approximate surface area is 187 Å². The number of hydrogen-bond donors (Lipinski definition) is 0. The molecule has 0 spiro atoms. The normalized spacial score (nSPS) is 11.0. The van der Waals surface area contributed by atoms with Crippen molar-refractivity contribution in [3.63, 3.8) is 0 Å². The van der Waals surface area contributed by atoms with Crippen LogP contribution in [-0.4, -0.2) is 31.4 Å². The van der Waals surface area contributed by atoms with Crippen molar-refractivity contribution in [1.29, 1.82) is 0 Å². The highest BCUT2D eigenvalue weighted by molar-refractivity contribution is 7.98. The molecule has 6 nitrogen and oxygen atoms in total. The molecule has 0 saturated carbocycles. The topological polar surface area (TPSA) is 57.8 Å². The second-order valence-corrected chi connectivity index (χ2v) is 8.23. The fourth-order valence-electron chi connectivity index (χ4n) is 3.40. The van der Waals surface area contributed by atoms with E-state index in [1.54, 1.807) is 18.9 Å². The van der Waals surface area contributed by atoms with E-state index >= 15 is 0 Å². The van der Waals surface area contributed by atoms with E-state index in [4.69, 9.17) is 4.74 Å². The minimum atomic E-state index is 0.743. The first-order chi connectivity index (χ1) is 15.3. The highest BCUT2D eigenvalue weighted by Crippen LogP contribution is 2.28. The van der Waals surface area contributed by atoms with E-state index in [2.05, 4.69) is 55.5 Å². The number of rotatable bonds is 10. The summed E-state index contributed by atoms with van der Waals surface area (Å²) in [7, 11) is 1.68. The van der Waals surface area contributed by atoms with Crippen LogP contribution in [-0.2, 0) is 18.8 Å². The Kier molecular flexibility index (Phi) is 7.04. The predicted molar refractivity (Wildman–Crippen MR) is 124 cm³/mol. The van der Waals surface area contributed by atoms with Crippen molar-refractivity contribution in [2.24, 2.45) is 0 Å². The minimum Gasteiger partial charge on any atom is -0.497 e. The van der Waals surface area contributed by atoms with Crippen LogP contribution in [0.4, 0.5) is 0 Å². The lowest BCUT2D eigenvalue weighted by molar-refractivity contribution is 0.415. The molecule has 2 aromatic carbocycles. The molecule has 0 fully saturated rings. The minimum absolute atomic E-state index is 0.743. The van der Waals surface area contributed by atoms with Crippen LogP contribution in [0.1, 0.15) is 31.2 Å². The highest BCUT2D eigenvalue weighted by atomic mass is 32.2. The van der Waals surface area contributed by atoms with E-state index in [1.165, 1.54) is 5.56 Å². The van der Waals surface area contributed by atoms with Crippen LogP contribution in [0.5, 0.6) is 5.75 Å². The number of nitrogens with zero attached hydrogens (tertiary/aromatic N) is 5. The number of thioether (sulfide) groups is 1. The Morgan fingerprint density at radius 2 is 1.81 bits per heavy atom. The molecule has 0 radical (unpaired) electrons. The molecule has 0 aliphatic carbocycles. The van der Waals surface area contributed by atoms with Gasteiger partial charge in [-0.25, -0.2) is 4.98 Å². The van der Waals surface area contributed by atoms with Crippen LogP contribution in [0.25, 0.3) is 11.4 Å². The van der Waals surface area contributed by atoms with E-state index in [0.29, 0.717) is 0 Å². The largest absolute Gasteiger partial charge is 0.497 e. The van der Waals surface area contributed by atoms with Gasteiger partial charge in [-0.2, -0.15) is 0 Å². The van der Waals surface area contributed by atoms with Crippen LogP contribution < -0.4 is 4.74 Å². The van der Waals surface area contributed by atoms with Crippen LogP contribution in [0.15, 0.2) is 72.1 Å². The van der Waals surface area contributed by atoms with Gasteiger partial charge < -0.3 is 13.9 Å². The molecule has 0 amide bonds. The summed E-state index contributed by atoms with van der Waals surface area (Å²) in [5.41, 5.74) is 2.31. The molecule has 160 valence electrons. The van der Waals surface area contributed by atoms with Crippen molar-refractivity contribution in [2.75, 3.05) is 7.11 Å². The van der Waals surface area contributed by atoms with Crippen LogP contribution >= 0.6 is 11.8 Å². The van der Waals surface area contributed by atoms with Crippen molar-refractivity contribution in [1.82, 2.24) is 24.3 Å². The first-order valence-corrected chi connectivity index (χ1v) is 11.5. The summed E-state index contributed by atoms with van der Waals surface area (Å²) in [5, 5.41) is 9.94. The average molecular weight is 434 g/mol. The van der Waals surface area contributed by atoms with Crippen molar-refractivity contribution < 1.29 is 4.74 Å².